The first-order valence-corrected chi connectivity index (χ1v) is 9.45. The van der Waals surface area contributed by atoms with Crippen LogP contribution in [0, 0.1) is 0 Å². The number of halogens is 3. The second kappa shape index (κ2) is 9.23. The quantitative estimate of drug-likeness (QED) is 0.526. The van der Waals surface area contributed by atoms with Gasteiger partial charge in [-0.3, -0.25) is 0 Å². The Bertz CT molecular complexity index is 900. The molecule has 1 atom stereocenters. The second-order valence-corrected chi connectivity index (χ2v) is 7.72. The van der Waals surface area contributed by atoms with E-state index in [0.29, 0.717) is 5.02 Å². The number of hydrogen-bond acceptors (Lipinski definition) is 2. The number of rotatable bonds is 5. The summed E-state index contributed by atoms with van der Waals surface area (Å²) in [6.07, 6.45) is 0. The Labute approximate surface area is 186 Å². The summed E-state index contributed by atoms with van der Waals surface area (Å²) in [7, 11) is 0. The van der Waals surface area contributed by atoms with Gasteiger partial charge in [-0.05, 0) is 28.8 Å². The van der Waals surface area contributed by atoms with Crippen molar-refractivity contribution in [1.82, 2.24) is 0 Å². The van der Waals surface area contributed by atoms with Crippen LogP contribution in [0.3, 0.4) is 0 Å². The zero-order chi connectivity index (χ0) is 19.6. The number of carboxylic acids is 1. The van der Waals surface area contributed by atoms with Crippen molar-refractivity contribution in [2.45, 2.75) is 18.3 Å². The van der Waals surface area contributed by atoms with Gasteiger partial charge in [-0.1, -0.05) is 116 Å². The number of carbonyl (C=O) groups is 1. The molecule has 0 saturated carbocycles. The van der Waals surface area contributed by atoms with Gasteiger partial charge in [-0.25, -0.2) is 0 Å². The number of hydrogen-bond donors (Lipinski definition) is 0. The molecule has 0 saturated heterocycles. The van der Waals surface area contributed by atoms with Crippen LogP contribution < -0.4 is 5.11 Å². The first kappa shape index (κ1) is 22.6. The Kier molecular flexibility index (Phi) is 7.46. The van der Waals surface area contributed by atoms with Crippen molar-refractivity contribution in [3.05, 3.63) is 105 Å². The maximum absolute atomic E-state index is 12.4. The molecule has 0 aliphatic heterocycles. The summed E-state index contributed by atoms with van der Waals surface area (Å²) in [6.45, 7) is 1.86. The van der Waals surface area contributed by atoms with Crippen LogP contribution in [0.25, 0.3) is 0 Å². The Hall–Kier alpha value is -1.65. The van der Waals surface area contributed by atoms with E-state index < -0.39 is 17.3 Å². The van der Waals surface area contributed by atoms with Gasteiger partial charge in [0, 0.05) is 26.4 Å². The van der Waals surface area contributed by atoms with Crippen molar-refractivity contribution in [3.8, 4) is 0 Å². The Morgan fingerprint density at radius 2 is 1.25 bits per heavy atom. The molecule has 0 heterocycles. The van der Waals surface area contributed by atoms with Crippen molar-refractivity contribution in [2.24, 2.45) is 0 Å². The van der Waals surface area contributed by atoms with E-state index in [1.165, 1.54) is 12.1 Å². The summed E-state index contributed by atoms with van der Waals surface area (Å²) >= 11 is 18.8. The van der Waals surface area contributed by atoms with Crippen LogP contribution in [0.2, 0.25) is 15.1 Å². The van der Waals surface area contributed by atoms with E-state index in [2.05, 4.69) is 0 Å². The van der Waals surface area contributed by atoms with E-state index >= 15 is 0 Å². The van der Waals surface area contributed by atoms with Gasteiger partial charge in [-0.15, -0.1) is 0 Å². The number of carboxylic acid groups (broad SMARTS) is 1. The van der Waals surface area contributed by atoms with Gasteiger partial charge >= 0.3 is 0 Å². The third kappa shape index (κ3) is 4.18. The standard InChI is InChI=1S/C22H17Cl3O2.H2S/c1-22(14-8-4-2-5-9-14,15-10-6-3-7-11-15)20(21(26)27)19-17(24)12-16(23)13-18(19)25;/h2-13,20H,1H3,(H,26,27);1H2. The minimum atomic E-state index is -1.27. The zero-order valence-electron chi connectivity index (χ0n) is 15.0. The SMILES string of the molecule is CC(c1ccccc1)(c1ccccc1)C(C(=O)[O-])c1c(Cl)cc(Cl)cc1Cl.[SH3+]. The van der Waals surface area contributed by atoms with Gasteiger partial charge in [0.15, 0.2) is 0 Å². The largest absolute Gasteiger partial charge is 0.549 e. The Morgan fingerprint density at radius 3 is 1.61 bits per heavy atom. The molecule has 0 aliphatic carbocycles. The van der Waals surface area contributed by atoms with Crippen LogP contribution in [0.4, 0.5) is 0 Å². The second-order valence-electron chi connectivity index (χ2n) is 6.47. The molecule has 0 N–H and O–H groups in total. The van der Waals surface area contributed by atoms with Crippen LogP contribution in [0.5, 0.6) is 0 Å². The summed E-state index contributed by atoms with van der Waals surface area (Å²) in [5, 5.41) is 13.1. The third-order valence-corrected chi connectivity index (χ3v) is 5.74. The fourth-order valence-electron chi connectivity index (χ4n) is 3.54. The summed E-state index contributed by atoms with van der Waals surface area (Å²) in [5.74, 6) is -2.39. The van der Waals surface area contributed by atoms with E-state index in [-0.39, 0.29) is 29.1 Å². The molecule has 3 rings (SSSR count). The smallest absolute Gasteiger partial charge is 0.0502 e. The molecule has 0 bridgehead atoms. The molecular weight excluding hydrogens is 435 g/mol. The molecule has 146 valence electrons. The van der Waals surface area contributed by atoms with Gasteiger partial charge < -0.3 is 9.90 Å². The van der Waals surface area contributed by atoms with Crippen LogP contribution in [0.1, 0.15) is 29.5 Å². The molecule has 28 heavy (non-hydrogen) atoms. The Morgan fingerprint density at radius 1 is 0.857 bits per heavy atom. The molecule has 3 aromatic carbocycles. The minimum Gasteiger partial charge on any atom is -0.549 e. The van der Waals surface area contributed by atoms with Crippen LogP contribution in [-0.2, 0) is 23.7 Å². The average Bonchev–Trinajstić information content (AvgIpc) is 2.65. The molecule has 0 radical (unpaired) electrons. The van der Waals surface area contributed by atoms with E-state index in [0.717, 1.165) is 11.1 Å². The molecule has 0 fully saturated rings. The number of carbonyl (C=O) groups excluding carboxylic acids is 1. The van der Waals surface area contributed by atoms with Gasteiger partial charge in [0.2, 0.25) is 0 Å². The molecule has 1 unspecified atom stereocenters. The van der Waals surface area contributed by atoms with Crippen molar-refractivity contribution in [2.75, 3.05) is 0 Å². The molecule has 6 heteroatoms. The Balaban J connectivity index is 0.00000280. The fraction of sp³-hybridized carbons (Fsp3) is 0.136. The van der Waals surface area contributed by atoms with Crippen LogP contribution in [-0.4, -0.2) is 5.97 Å². The molecule has 0 spiro atoms. The van der Waals surface area contributed by atoms with Gasteiger partial charge in [0.1, 0.15) is 0 Å². The lowest BCUT2D eigenvalue weighted by Crippen LogP contribution is -2.43. The van der Waals surface area contributed by atoms with Gasteiger partial charge in [0.25, 0.3) is 0 Å². The van der Waals surface area contributed by atoms with E-state index in [1.54, 1.807) is 0 Å². The monoisotopic (exact) mass is 452 g/mol. The van der Waals surface area contributed by atoms with Crippen molar-refractivity contribution < 1.29 is 9.90 Å². The minimum absolute atomic E-state index is 0. The lowest BCUT2D eigenvalue weighted by atomic mass is 9.65. The lowest BCUT2D eigenvalue weighted by molar-refractivity contribution is -0.309. The van der Waals surface area contributed by atoms with E-state index in [9.17, 15) is 9.90 Å². The molecule has 0 amide bonds. The van der Waals surface area contributed by atoms with Crippen molar-refractivity contribution in [1.29, 1.82) is 0 Å². The molecular formula is C22H19Cl3O2S. The highest BCUT2D eigenvalue weighted by Crippen LogP contribution is 2.48. The van der Waals surface area contributed by atoms with Crippen LogP contribution >= 0.6 is 34.8 Å². The first-order chi connectivity index (χ1) is 12.9. The van der Waals surface area contributed by atoms with Gasteiger partial charge in [0.05, 0.1) is 5.97 Å². The normalized spacial score (nSPS) is 12.1. The fourth-order valence-corrected chi connectivity index (χ4v) is 4.58. The maximum atomic E-state index is 12.4. The highest BCUT2D eigenvalue weighted by Gasteiger charge is 2.41. The third-order valence-electron chi connectivity index (χ3n) is 4.89. The summed E-state index contributed by atoms with van der Waals surface area (Å²) in [4.78, 5) is 12.4. The summed E-state index contributed by atoms with van der Waals surface area (Å²) in [6, 6.07) is 21.8. The van der Waals surface area contributed by atoms with Crippen molar-refractivity contribution in [3.63, 3.8) is 0 Å². The average molecular weight is 454 g/mol. The molecule has 0 aromatic heterocycles. The van der Waals surface area contributed by atoms with Gasteiger partial charge in [-0.2, -0.15) is 0 Å². The number of benzene rings is 3. The summed E-state index contributed by atoms with van der Waals surface area (Å²) in [5.41, 5.74) is 0.945. The number of aliphatic carboxylic acids is 1. The highest BCUT2D eigenvalue weighted by molar-refractivity contribution is 7.37. The first-order valence-electron chi connectivity index (χ1n) is 8.32. The molecule has 0 aliphatic rings. The summed E-state index contributed by atoms with van der Waals surface area (Å²) < 4.78 is 0. The zero-order valence-corrected chi connectivity index (χ0v) is 18.5. The van der Waals surface area contributed by atoms with Crippen molar-refractivity contribution >= 4 is 54.3 Å². The van der Waals surface area contributed by atoms with E-state index in [4.69, 9.17) is 34.8 Å². The highest BCUT2D eigenvalue weighted by atomic mass is 35.5. The predicted octanol–water partition coefficient (Wildman–Crippen LogP) is 4.68. The molecule has 3 aromatic rings. The predicted molar refractivity (Wildman–Crippen MR) is 120 cm³/mol. The molecule has 2 nitrogen and oxygen atoms in total. The van der Waals surface area contributed by atoms with Crippen LogP contribution in [0.15, 0.2) is 72.8 Å². The topological polar surface area (TPSA) is 40.1 Å². The van der Waals surface area contributed by atoms with E-state index in [1.807, 2.05) is 67.6 Å². The maximum Gasteiger partial charge on any atom is 0.0502 e. The lowest BCUT2D eigenvalue weighted by Gasteiger charge is -2.40.